The molecule has 3 unspecified atom stereocenters. The Balaban J connectivity index is 2.41. The Morgan fingerprint density at radius 3 is 2.57 bits per heavy atom. The number of rotatable bonds is 4. The summed E-state index contributed by atoms with van der Waals surface area (Å²) in [5.41, 5.74) is 0. The van der Waals surface area contributed by atoms with Crippen LogP contribution in [0, 0.1) is 11.8 Å². The number of carbonyl (C=O) groups excluding carboxylic acids is 1. The Morgan fingerprint density at radius 1 is 1.50 bits per heavy atom. The molecule has 3 atom stereocenters. The topological polar surface area (TPSA) is 34.1 Å². The lowest BCUT2D eigenvalue weighted by Crippen LogP contribution is -2.23. The first kappa shape index (κ1) is 11.9. The first-order chi connectivity index (χ1) is 6.52. The van der Waals surface area contributed by atoms with Crippen molar-refractivity contribution in [2.45, 2.75) is 45.3 Å². The van der Waals surface area contributed by atoms with Crippen molar-refractivity contribution in [3.63, 3.8) is 0 Å². The van der Waals surface area contributed by atoms with Crippen LogP contribution < -0.4 is 0 Å². The Kier molecular flexibility index (Phi) is 4.30. The second-order valence-electron chi connectivity index (χ2n) is 4.60. The lowest BCUT2D eigenvalue weighted by Gasteiger charge is -2.14. The zero-order valence-corrected chi connectivity index (χ0v) is 10.1. The molecule has 0 aromatic heterocycles. The predicted molar refractivity (Wildman–Crippen MR) is 59.7 cm³/mol. The molecule has 82 valence electrons. The van der Waals surface area contributed by atoms with E-state index in [1.54, 1.807) is 0 Å². The van der Waals surface area contributed by atoms with E-state index in [9.17, 15) is 9.00 Å². The highest BCUT2D eigenvalue weighted by Gasteiger charge is 2.34. The predicted octanol–water partition coefficient (Wildman–Crippen LogP) is 2.15. The molecule has 0 spiro atoms. The number of hydrogen-bond donors (Lipinski definition) is 0. The summed E-state index contributed by atoms with van der Waals surface area (Å²) in [4.78, 5) is 11.3. The van der Waals surface area contributed by atoms with Crippen LogP contribution in [0.3, 0.4) is 0 Å². The minimum absolute atomic E-state index is 0.0306. The van der Waals surface area contributed by atoms with Gasteiger partial charge >= 0.3 is 0 Å². The molecule has 2 nitrogen and oxygen atoms in total. The quantitative estimate of drug-likeness (QED) is 0.721. The van der Waals surface area contributed by atoms with Crippen LogP contribution in [0.25, 0.3) is 0 Å². The van der Waals surface area contributed by atoms with Crippen LogP contribution in [0.4, 0.5) is 0 Å². The van der Waals surface area contributed by atoms with Crippen LogP contribution in [0.2, 0.25) is 0 Å². The van der Waals surface area contributed by atoms with Gasteiger partial charge in [-0.25, -0.2) is 0 Å². The van der Waals surface area contributed by atoms with Crippen LogP contribution in [-0.4, -0.2) is 21.0 Å². The molecule has 0 aliphatic heterocycles. The summed E-state index contributed by atoms with van der Waals surface area (Å²) in [5.74, 6) is 1.70. The number of Topliss-reactive ketones (excluding diaryl/α,β-unsaturated/α-hetero) is 1. The highest BCUT2D eigenvalue weighted by molar-refractivity contribution is 7.85. The summed E-state index contributed by atoms with van der Waals surface area (Å²) in [6, 6.07) is 0. The Hall–Kier alpha value is -0.180. The maximum atomic E-state index is 11.9. The molecule has 0 heterocycles. The van der Waals surface area contributed by atoms with Crippen molar-refractivity contribution >= 4 is 16.6 Å². The van der Waals surface area contributed by atoms with Crippen molar-refractivity contribution in [2.75, 3.05) is 5.75 Å². The van der Waals surface area contributed by atoms with E-state index in [0.29, 0.717) is 18.1 Å². The van der Waals surface area contributed by atoms with Gasteiger partial charge in [-0.2, -0.15) is 0 Å². The van der Waals surface area contributed by atoms with Gasteiger partial charge in [0.1, 0.15) is 5.78 Å². The van der Waals surface area contributed by atoms with Gasteiger partial charge in [-0.3, -0.25) is 9.00 Å². The van der Waals surface area contributed by atoms with Crippen molar-refractivity contribution in [2.24, 2.45) is 11.8 Å². The van der Waals surface area contributed by atoms with Gasteiger partial charge < -0.3 is 0 Å². The van der Waals surface area contributed by atoms with Gasteiger partial charge in [0.2, 0.25) is 0 Å². The van der Waals surface area contributed by atoms with E-state index in [0.717, 1.165) is 18.6 Å². The SMILES string of the molecule is CC(C)CCS(=O)C1CCC(=O)C1C. The summed E-state index contributed by atoms with van der Waals surface area (Å²) >= 11 is 0. The lowest BCUT2D eigenvalue weighted by molar-refractivity contribution is -0.120. The fourth-order valence-electron chi connectivity index (χ4n) is 1.83. The second-order valence-corrected chi connectivity index (χ2v) is 6.37. The van der Waals surface area contributed by atoms with Crippen molar-refractivity contribution < 1.29 is 9.00 Å². The van der Waals surface area contributed by atoms with Gasteiger partial charge in [0, 0.05) is 34.1 Å². The van der Waals surface area contributed by atoms with Crippen molar-refractivity contribution in [3.05, 3.63) is 0 Å². The molecule has 0 amide bonds. The van der Waals surface area contributed by atoms with Gasteiger partial charge in [0.15, 0.2) is 0 Å². The standard InChI is InChI=1S/C11H20O2S/c1-8(2)6-7-14(13)11-5-4-10(12)9(11)3/h8-9,11H,4-7H2,1-3H3. The van der Waals surface area contributed by atoms with Crippen molar-refractivity contribution in [1.29, 1.82) is 0 Å². The first-order valence-corrected chi connectivity index (χ1v) is 6.80. The Labute approximate surface area is 88.9 Å². The average molecular weight is 216 g/mol. The molecule has 1 rings (SSSR count). The monoisotopic (exact) mass is 216 g/mol. The molecule has 1 fully saturated rings. The fourth-order valence-corrected chi connectivity index (χ4v) is 3.83. The third-order valence-electron chi connectivity index (χ3n) is 2.97. The van der Waals surface area contributed by atoms with Crippen LogP contribution in [0.15, 0.2) is 0 Å². The minimum Gasteiger partial charge on any atom is -0.299 e. The van der Waals surface area contributed by atoms with Gasteiger partial charge in [-0.05, 0) is 18.8 Å². The molecular weight excluding hydrogens is 196 g/mol. The molecule has 0 aromatic carbocycles. The van der Waals surface area contributed by atoms with Crippen molar-refractivity contribution in [1.82, 2.24) is 0 Å². The zero-order chi connectivity index (χ0) is 10.7. The van der Waals surface area contributed by atoms with Crippen LogP contribution in [0.5, 0.6) is 0 Å². The largest absolute Gasteiger partial charge is 0.299 e. The molecule has 14 heavy (non-hydrogen) atoms. The Bertz CT molecular complexity index is 235. The molecule has 1 aliphatic carbocycles. The smallest absolute Gasteiger partial charge is 0.136 e. The molecule has 0 radical (unpaired) electrons. The van der Waals surface area contributed by atoms with E-state index < -0.39 is 10.8 Å². The summed E-state index contributed by atoms with van der Waals surface area (Å²) in [6.07, 6.45) is 2.48. The van der Waals surface area contributed by atoms with Gasteiger partial charge in [0.05, 0.1) is 0 Å². The summed E-state index contributed by atoms with van der Waals surface area (Å²) < 4.78 is 11.9. The number of ketones is 1. The molecule has 0 saturated heterocycles. The summed E-state index contributed by atoms with van der Waals surface area (Å²) in [6.45, 7) is 6.20. The van der Waals surface area contributed by atoms with E-state index in [2.05, 4.69) is 13.8 Å². The highest BCUT2D eigenvalue weighted by atomic mass is 32.2. The molecule has 0 bridgehead atoms. The lowest BCUT2D eigenvalue weighted by atomic mass is 10.1. The van der Waals surface area contributed by atoms with E-state index in [4.69, 9.17) is 0 Å². The maximum Gasteiger partial charge on any atom is 0.136 e. The van der Waals surface area contributed by atoms with E-state index in [-0.39, 0.29) is 11.2 Å². The zero-order valence-electron chi connectivity index (χ0n) is 9.29. The maximum absolute atomic E-state index is 11.9. The normalized spacial score (nSPS) is 29.9. The Morgan fingerprint density at radius 2 is 2.14 bits per heavy atom. The number of carbonyl (C=O) groups is 1. The third-order valence-corrected chi connectivity index (χ3v) is 4.93. The molecule has 0 aromatic rings. The van der Waals surface area contributed by atoms with Crippen LogP contribution >= 0.6 is 0 Å². The van der Waals surface area contributed by atoms with E-state index in [1.165, 1.54) is 0 Å². The van der Waals surface area contributed by atoms with Crippen molar-refractivity contribution in [3.8, 4) is 0 Å². The van der Waals surface area contributed by atoms with Crippen LogP contribution in [0.1, 0.15) is 40.0 Å². The highest BCUT2D eigenvalue weighted by Crippen LogP contribution is 2.26. The summed E-state index contributed by atoms with van der Waals surface area (Å²) in [7, 11) is -0.788. The third kappa shape index (κ3) is 2.91. The van der Waals surface area contributed by atoms with E-state index in [1.807, 2.05) is 6.92 Å². The van der Waals surface area contributed by atoms with Gasteiger partial charge in [0.25, 0.3) is 0 Å². The molecular formula is C11H20O2S. The molecule has 0 N–H and O–H groups in total. The first-order valence-electron chi connectivity index (χ1n) is 5.42. The van der Waals surface area contributed by atoms with Crippen LogP contribution in [-0.2, 0) is 15.6 Å². The molecule has 1 aliphatic rings. The molecule has 1 saturated carbocycles. The van der Waals surface area contributed by atoms with Gasteiger partial charge in [-0.15, -0.1) is 0 Å². The summed E-state index contributed by atoms with van der Waals surface area (Å²) in [5, 5.41) is 0.140. The average Bonchev–Trinajstić information content (AvgIpc) is 2.44. The van der Waals surface area contributed by atoms with Gasteiger partial charge in [-0.1, -0.05) is 20.8 Å². The number of hydrogen-bond acceptors (Lipinski definition) is 2. The fraction of sp³-hybridized carbons (Fsp3) is 0.909. The second kappa shape index (κ2) is 5.06. The van der Waals surface area contributed by atoms with E-state index >= 15 is 0 Å². The molecule has 3 heteroatoms. The minimum atomic E-state index is -0.788.